The van der Waals surface area contributed by atoms with Crippen molar-refractivity contribution in [3.8, 4) is 0 Å². The fourth-order valence-corrected chi connectivity index (χ4v) is 0. The Morgan fingerprint density at radius 1 is 1.50 bits per heavy atom. The normalized spacial score (nSPS) is 9.83. The first-order valence-corrected chi connectivity index (χ1v) is 2.52. The van der Waals surface area contributed by atoms with Crippen LogP contribution in [0.5, 0.6) is 0 Å². The smallest absolute Gasteiger partial charge is 0.313 e. The number of rotatable bonds is 0. The average molecular weight is 193 g/mol. The molecule has 0 radical (unpaired) electrons. The van der Waals surface area contributed by atoms with Gasteiger partial charge in [0, 0.05) is 21.1 Å². The third kappa shape index (κ3) is 109. The minimum Gasteiger partial charge on any atom is -0.313 e. The summed E-state index contributed by atoms with van der Waals surface area (Å²) in [6.45, 7) is 0. The van der Waals surface area contributed by atoms with Gasteiger partial charge in [0.1, 0.15) is 0 Å². The van der Waals surface area contributed by atoms with Crippen molar-refractivity contribution < 1.29 is 35.4 Å². The van der Waals surface area contributed by atoms with Gasteiger partial charge in [-0.3, -0.25) is 0 Å². The van der Waals surface area contributed by atoms with E-state index in [1.54, 1.807) is 0 Å². The molecular formula is H4MoNO3P. The summed E-state index contributed by atoms with van der Waals surface area (Å²) in [5, 5.41) is 0. The van der Waals surface area contributed by atoms with Crippen LogP contribution in [0.1, 0.15) is 0 Å². The molecule has 0 bridgehead atoms. The van der Waals surface area contributed by atoms with Gasteiger partial charge in [0.2, 0.25) is 0 Å². The Bertz CT molecular complexity index is 56.9. The Hall–Kier alpha value is 0.798. The molecule has 0 aliphatic rings. The second-order valence-corrected chi connectivity index (χ2v) is 1.77. The fourth-order valence-electron chi connectivity index (χ4n) is 0. The third-order valence-corrected chi connectivity index (χ3v) is 0. The summed E-state index contributed by atoms with van der Waals surface area (Å²) < 4.78 is 9.10. The van der Waals surface area contributed by atoms with Crippen molar-refractivity contribution in [3.05, 3.63) is 0 Å². The van der Waals surface area contributed by atoms with Crippen molar-refractivity contribution in [2.75, 3.05) is 0 Å². The quantitative estimate of drug-likeness (QED) is 0.341. The van der Waals surface area contributed by atoms with E-state index in [1.807, 2.05) is 0 Å². The molecule has 6 heteroatoms. The molecule has 4 N–H and O–H groups in total. The second kappa shape index (κ2) is 2.89. The zero-order valence-corrected chi connectivity index (χ0v) is 5.64. The van der Waals surface area contributed by atoms with Gasteiger partial charge in [-0.15, -0.1) is 0 Å². The van der Waals surface area contributed by atoms with Gasteiger partial charge in [0.15, 0.2) is 0 Å². The summed E-state index contributed by atoms with van der Waals surface area (Å²) in [7, 11) is -4.14. The van der Waals surface area contributed by atoms with Crippen LogP contribution in [-0.4, -0.2) is 9.79 Å². The summed E-state index contributed by atoms with van der Waals surface area (Å²) in [6, 6.07) is 0. The molecule has 38 valence electrons. The largest absolute Gasteiger partial charge is 0.397 e. The average Bonchev–Trinajstić information content (AvgIpc) is 0.722. The van der Waals surface area contributed by atoms with E-state index in [0.717, 1.165) is 0 Å². The minimum atomic E-state index is -4.14. The van der Waals surface area contributed by atoms with E-state index in [4.69, 9.17) is 14.4 Å². The molecule has 0 aliphatic heterocycles. The van der Waals surface area contributed by atoms with Crippen LogP contribution in [0.2, 0.25) is 0 Å². The Kier molecular flexibility index (Phi) is 4.78. The molecule has 0 saturated heterocycles. The van der Waals surface area contributed by atoms with Crippen molar-refractivity contribution >= 4 is 7.75 Å². The second-order valence-electron chi connectivity index (χ2n) is 0.589. The SMILES string of the molecule is NP(=O)(O)O.[Mo]. The number of hydrogen-bond donors (Lipinski definition) is 3. The first-order chi connectivity index (χ1) is 2.00. The molecule has 0 aromatic carbocycles. The fraction of sp³-hybridized carbons (Fsp3) is 0. The van der Waals surface area contributed by atoms with Crippen LogP contribution in [-0.2, 0) is 25.6 Å². The van der Waals surface area contributed by atoms with Crippen LogP contribution in [0.15, 0.2) is 0 Å². The zero-order chi connectivity index (χ0) is 4.50. The molecule has 0 amide bonds. The predicted molar refractivity (Wildman–Crippen MR) is 16.2 cm³/mol. The Morgan fingerprint density at radius 2 is 1.50 bits per heavy atom. The molecule has 0 unspecified atom stereocenters. The van der Waals surface area contributed by atoms with Gasteiger partial charge in [-0.05, 0) is 0 Å². The first-order valence-electron chi connectivity index (χ1n) is 0.841. The van der Waals surface area contributed by atoms with Gasteiger partial charge in [0.05, 0.1) is 0 Å². The molecular weight excluding hydrogens is 189 g/mol. The van der Waals surface area contributed by atoms with Crippen LogP contribution >= 0.6 is 7.75 Å². The minimum absolute atomic E-state index is 0. The molecule has 0 heterocycles. The van der Waals surface area contributed by atoms with E-state index in [1.165, 1.54) is 0 Å². The Morgan fingerprint density at radius 3 is 1.50 bits per heavy atom. The topological polar surface area (TPSA) is 83.6 Å². The standard InChI is InChI=1S/Mo.H4NO3P/c;1-5(2,3)4/h;(H4,1,2,3,4). The van der Waals surface area contributed by atoms with E-state index in [9.17, 15) is 0 Å². The van der Waals surface area contributed by atoms with Gasteiger partial charge >= 0.3 is 7.75 Å². The number of nitrogens with two attached hydrogens (primary N) is 1. The van der Waals surface area contributed by atoms with Gasteiger partial charge in [0.25, 0.3) is 0 Å². The maximum atomic E-state index is 9.10. The van der Waals surface area contributed by atoms with Crippen LogP contribution in [0.25, 0.3) is 0 Å². The molecule has 0 saturated carbocycles. The summed E-state index contributed by atoms with van der Waals surface area (Å²) in [5.41, 5.74) is 4.02. The van der Waals surface area contributed by atoms with Crippen molar-refractivity contribution in [2.24, 2.45) is 5.50 Å². The predicted octanol–water partition coefficient (Wildman–Crippen LogP) is -0.965. The van der Waals surface area contributed by atoms with Crippen LogP contribution < -0.4 is 5.50 Å². The molecule has 0 aromatic heterocycles. The van der Waals surface area contributed by atoms with Gasteiger partial charge in [-0.2, -0.15) is 0 Å². The van der Waals surface area contributed by atoms with Crippen LogP contribution in [0, 0.1) is 0 Å². The molecule has 4 nitrogen and oxygen atoms in total. The molecule has 0 spiro atoms. The van der Waals surface area contributed by atoms with E-state index >= 15 is 0 Å². The van der Waals surface area contributed by atoms with Crippen molar-refractivity contribution in [1.29, 1.82) is 0 Å². The maximum Gasteiger partial charge on any atom is 0.397 e. The van der Waals surface area contributed by atoms with E-state index < -0.39 is 7.75 Å². The van der Waals surface area contributed by atoms with Crippen molar-refractivity contribution in [2.45, 2.75) is 0 Å². The summed E-state index contributed by atoms with van der Waals surface area (Å²) in [4.78, 5) is 14.8. The number of hydrogen-bond acceptors (Lipinski definition) is 1. The van der Waals surface area contributed by atoms with E-state index in [0.29, 0.717) is 0 Å². The zero-order valence-electron chi connectivity index (χ0n) is 2.74. The van der Waals surface area contributed by atoms with Crippen LogP contribution in [0.3, 0.4) is 0 Å². The van der Waals surface area contributed by atoms with E-state index in [-0.39, 0.29) is 21.1 Å². The molecule has 0 rings (SSSR count). The molecule has 0 fully saturated rings. The Balaban J connectivity index is 0. The monoisotopic (exact) mass is 195 g/mol. The van der Waals surface area contributed by atoms with Gasteiger partial charge in [-0.25, -0.2) is 10.1 Å². The van der Waals surface area contributed by atoms with Crippen molar-refractivity contribution in [1.82, 2.24) is 0 Å². The molecule has 0 aromatic rings. The molecule has 6 heavy (non-hydrogen) atoms. The summed E-state index contributed by atoms with van der Waals surface area (Å²) in [6.07, 6.45) is 0. The van der Waals surface area contributed by atoms with Gasteiger partial charge < -0.3 is 9.79 Å². The maximum absolute atomic E-state index is 9.10. The Labute approximate surface area is 49.2 Å². The molecule has 0 aliphatic carbocycles. The first kappa shape index (κ1) is 9.93. The molecule has 0 atom stereocenters. The van der Waals surface area contributed by atoms with E-state index in [2.05, 4.69) is 5.50 Å². The summed E-state index contributed by atoms with van der Waals surface area (Å²) >= 11 is 0. The van der Waals surface area contributed by atoms with Crippen LogP contribution in [0.4, 0.5) is 0 Å². The van der Waals surface area contributed by atoms with Gasteiger partial charge in [-0.1, -0.05) is 0 Å². The summed E-state index contributed by atoms with van der Waals surface area (Å²) in [5.74, 6) is 0. The van der Waals surface area contributed by atoms with Crippen molar-refractivity contribution in [3.63, 3.8) is 0 Å². The third-order valence-electron chi connectivity index (χ3n) is 0.